The molecule has 24 heavy (non-hydrogen) atoms. The highest BCUT2D eigenvalue weighted by Crippen LogP contribution is 2.34. The van der Waals surface area contributed by atoms with Gasteiger partial charge in [0.15, 0.2) is 5.82 Å². The fourth-order valence-electron chi connectivity index (χ4n) is 3.98. The first-order chi connectivity index (χ1) is 11.7. The van der Waals surface area contributed by atoms with Crippen LogP contribution in [-0.2, 0) is 11.3 Å². The van der Waals surface area contributed by atoms with Crippen molar-refractivity contribution in [3.8, 4) is 0 Å². The zero-order valence-corrected chi connectivity index (χ0v) is 13.6. The first kappa shape index (κ1) is 15.5. The van der Waals surface area contributed by atoms with Gasteiger partial charge in [0, 0.05) is 32.7 Å². The molecular weight excluding hydrogens is 311 g/mol. The Labute approximate surface area is 140 Å². The third kappa shape index (κ3) is 2.89. The smallest absolute Gasteiger partial charge is 0.225 e. The zero-order valence-electron chi connectivity index (χ0n) is 13.6. The maximum absolute atomic E-state index is 13.1. The Bertz CT molecular complexity index is 664. The third-order valence-electron chi connectivity index (χ3n) is 5.07. The van der Waals surface area contributed by atoms with E-state index in [9.17, 15) is 4.39 Å². The van der Waals surface area contributed by atoms with E-state index in [0.717, 1.165) is 38.4 Å². The third-order valence-corrected chi connectivity index (χ3v) is 5.07. The highest BCUT2D eigenvalue weighted by molar-refractivity contribution is 5.34. The average molecular weight is 332 g/mol. The average Bonchev–Trinajstić information content (AvgIpc) is 3.24. The minimum atomic E-state index is -0.409. The minimum absolute atomic E-state index is 0.230. The van der Waals surface area contributed by atoms with Crippen molar-refractivity contribution in [2.24, 2.45) is 5.92 Å². The number of hydrogen-bond acceptors (Lipinski definition) is 6. The molecule has 0 N–H and O–H groups in total. The molecule has 0 aliphatic carbocycles. The van der Waals surface area contributed by atoms with E-state index in [1.165, 1.54) is 12.4 Å². The second-order valence-corrected chi connectivity index (χ2v) is 6.46. The number of likely N-dealkylation sites (tertiary alicyclic amines) is 1. The zero-order chi connectivity index (χ0) is 16.5. The molecule has 2 aliphatic heterocycles. The number of fused-ring (bicyclic) bond motifs is 1. The molecule has 0 bridgehead atoms. The van der Waals surface area contributed by atoms with Gasteiger partial charge in [-0.1, -0.05) is 0 Å². The van der Waals surface area contributed by atoms with E-state index >= 15 is 0 Å². The van der Waals surface area contributed by atoms with Crippen molar-refractivity contribution in [1.82, 2.24) is 14.9 Å². The van der Waals surface area contributed by atoms with Crippen LogP contribution in [0.5, 0.6) is 0 Å². The lowest BCUT2D eigenvalue weighted by molar-refractivity contribution is 0.0312. The van der Waals surface area contributed by atoms with Gasteiger partial charge in [0.1, 0.15) is 5.76 Å². The van der Waals surface area contributed by atoms with Crippen molar-refractivity contribution in [3.63, 3.8) is 0 Å². The number of piperidine rings is 1. The molecule has 128 valence electrons. The summed E-state index contributed by atoms with van der Waals surface area (Å²) in [7, 11) is 1.78. The molecule has 0 amide bonds. The van der Waals surface area contributed by atoms with Gasteiger partial charge in [-0.25, -0.2) is 14.4 Å². The number of rotatable bonds is 4. The number of nitrogens with zero attached hydrogens (tertiary/aromatic N) is 4. The van der Waals surface area contributed by atoms with Crippen LogP contribution in [0.3, 0.4) is 0 Å². The van der Waals surface area contributed by atoms with Crippen molar-refractivity contribution >= 4 is 5.95 Å². The van der Waals surface area contributed by atoms with Crippen LogP contribution in [0.1, 0.15) is 12.2 Å². The van der Waals surface area contributed by atoms with E-state index in [2.05, 4.69) is 19.8 Å². The summed E-state index contributed by atoms with van der Waals surface area (Å²) in [5.41, 5.74) is 0. The lowest BCUT2D eigenvalue weighted by Gasteiger charge is -2.41. The molecule has 4 heterocycles. The quantitative estimate of drug-likeness (QED) is 0.853. The molecule has 3 atom stereocenters. The Morgan fingerprint density at radius 3 is 2.88 bits per heavy atom. The van der Waals surface area contributed by atoms with Gasteiger partial charge in [-0.05, 0) is 18.6 Å². The second kappa shape index (κ2) is 6.49. The Kier molecular flexibility index (Phi) is 4.20. The molecule has 0 aromatic carbocycles. The molecule has 7 heteroatoms. The fraction of sp³-hybridized carbons (Fsp3) is 0.529. The van der Waals surface area contributed by atoms with Gasteiger partial charge in [-0.3, -0.25) is 4.90 Å². The summed E-state index contributed by atoms with van der Waals surface area (Å²) in [5.74, 6) is 1.54. The Balaban J connectivity index is 1.54. The van der Waals surface area contributed by atoms with Crippen LogP contribution in [-0.4, -0.2) is 53.8 Å². The highest BCUT2D eigenvalue weighted by Gasteiger charge is 2.45. The molecule has 2 fully saturated rings. The Hall–Kier alpha value is -1.99. The van der Waals surface area contributed by atoms with Gasteiger partial charge in [-0.15, -0.1) is 0 Å². The molecule has 0 radical (unpaired) electrons. The molecule has 2 aromatic heterocycles. The number of halogens is 1. The largest absolute Gasteiger partial charge is 0.468 e. The summed E-state index contributed by atoms with van der Waals surface area (Å²) in [6, 6.07) is 4.18. The summed E-state index contributed by atoms with van der Waals surface area (Å²) in [4.78, 5) is 12.9. The predicted octanol–water partition coefficient (Wildman–Crippen LogP) is 1.93. The molecular formula is C17H21FN4O2. The number of anilines is 1. The standard InChI is InChI=1S/C17H21FN4O2/c1-23-16-4-5-22(17-19-7-12(18)8-20-17)15-11-21(10-14(15)16)9-13-3-2-6-24-13/h2-3,6-8,14-16H,4-5,9-11H2,1H3/t14-,15+,16-/m0/s1. The van der Waals surface area contributed by atoms with Gasteiger partial charge < -0.3 is 14.1 Å². The lowest BCUT2D eigenvalue weighted by Crippen LogP contribution is -2.52. The first-order valence-corrected chi connectivity index (χ1v) is 8.26. The van der Waals surface area contributed by atoms with Crippen LogP contribution in [0.4, 0.5) is 10.3 Å². The fourth-order valence-corrected chi connectivity index (χ4v) is 3.98. The van der Waals surface area contributed by atoms with Gasteiger partial charge in [-0.2, -0.15) is 0 Å². The van der Waals surface area contributed by atoms with E-state index < -0.39 is 5.82 Å². The van der Waals surface area contributed by atoms with Gasteiger partial charge in [0.25, 0.3) is 0 Å². The topological polar surface area (TPSA) is 54.6 Å². The van der Waals surface area contributed by atoms with Gasteiger partial charge in [0.05, 0.1) is 37.3 Å². The second-order valence-electron chi connectivity index (χ2n) is 6.46. The maximum atomic E-state index is 13.1. The summed E-state index contributed by atoms with van der Waals surface area (Å²) >= 11 is 0. The van der Waals surface area contributed by atoms with Crippen molar-refractivity contribution < 1.29 is 13.5 Å². The van der Waals surface area contributed by atoms with Gasteiger partial charge in [0.2, 0.25) is 5.95 Å². The minimum Gasteiger partial charge on any atom is -0.468 e. The van der Waals surface area contributed by atoms with E-state index in [0.29, 0.717) is 11.9 Å². The van der Waals surface area contributed by atoms with Crippen molar-refractivity contribution in [3.05, 3.63) is 42.4 Å². The van der Waals surface area contributed by atoms with Crippen LogP contribution in [0, 0.1) is 11.7 Å². The number of methoxy groups -OCH3 is 1. The van der Waals surface area contributed by atoms with Crippen molar-refractivity contribution in [2.45, 2.75) is 25.1 Å². The van der Waals surface area contributed by atoms with E-state index in [1.54, 1.807) is 13.4 Å². The normalized spacial score (nSPS) is 27.4. The molecule has 6 nitrogen and oxygen atoms in total. The highest BCUT2D eigenvalue weighted by atomic mass is 19.1. The van der Waals surface area contributed by atoms with Crippen LogP contribution < -0.4 is 4.90 Å². The SMILES string of the molecule is CO[C@H]1CCN(c2ncc(F)cn2)[C@@H]2CN(Cc3ccco3)C[C@H]12. The number of hydrogen-bond donors (Lipinski definition) is 0. The van der Waals surface area contributed by atoms with Crippen LogP contribution in [0.15, 0.2) is 35.2 Å². The number of furan rings is 1. The monoisotopic (exact) mass is 332 g/mol. The summed E-state index contributed by atoms with van der Waals surface area (Å²) < 4.78 is 24.3. The first-order valence-electron chi connectivity index (χ1n) is 8.26. The maximum Gasteiger partial charge on any atom is 0.225 e. The molecule has 4 rings (SSSR count). The molecule has 2 aliphatic rings. The predicted molar refractivity (Wildman–Crippen MR) is 86.0 cm³/mol. The molecule has 0 saturated carbocycles. The summed E-state index contributed by atoms with van der Waals surface area (Å²) in [5, 5.41) is 0. The van der Waals surface area contributed by atoms with E-state index in [4.69, 9.17) is 9.15 Å². The Morgan fingerprint density at radius 1 is 1.33 bits per heavy atom. The number of aromatic nitrogens is 2. The van der Waals surface area contributed by atoms with Crippen LogP contribution >= 0.6 is 0 Å². The molecule has 0 unspecified atom stereocenters. The lowest BCUT2D eigenvalue weighted by atomic mass is 9.89. The Morgan fingerprint density at radius 2 is 2.17 bits per heavy atom. The van der Waals surface area contributed by atoms with E-state index in [-0.39, 0.29) is 12.1 Å². The van der Waals surface area contributed by atoms with E-state index in [1.807, 2.05) is 12.1 Å². The van der Waals surface area contributed by atoms with Crippen molar-refractivity contribution in [2.75, 3.05) is 31.6 Å². The summed E-state index contributed by atoms with van der Waals surface area (Å²) in [6.07, 6.45) is 5.32. The van der Waals surface area contributed by atoms with Crippen LogP contribution in [0.25, 0.3) is 0 Å². The van der Waals surface area contributed by atoms with Crippen LogP contribution in [0.2, 0.25) is 0 Å². The molecule has 0 spiro atoms. The summed E-state index contributed by atoms with van der Waals surface area (Å²) in [6.45, 7) is 3.45. The van der Waals surface area contributed by atoms with Gasteiger partial charge >= 0.3 is 0 Å². The number of ether oxygens (including phenoxy) is 1. The molecule has 2 saturated heterocycles. The molecule has 2 aromatic rings. The van der Waals surface area contributed by atoms with Crippen molar-refractivity contribution in [1.29, 1.82) is 0 Å².